The Morgan fingerprint density at radius 3 is 2.36 bits per heavy atom. The van der Waals surface area contributed by atoms with Gasteiger partial charge in [0.1, 0.15) is 0 Å². The van der Waals surface area contributed by atoms with Crippen molar-refractivity contribution in [3.63, 3.8) is 0 Å². The van der Waals surface area contributed by atoms with E-state index >= 15 is 0 Å². The van der Waals surface area contributed by atoms with Gasteiger partial charge < -0.3 is 5.32 Å². The molecule has 78 valence electrons. The lowest BCUT2D eigenvalue weighted by Gasteiger charge is -2.20. The lowest BCUT2D eigenvalue weighted by molar-refractivity contribution is 0.443. The van der Waals surface area contributed by atoms with E-state index in [0.29, 0.717) is 10.0 Å². The Kier molecular flexibility index (Phi) is 3.68. The van der Waals surface area contributed by atoms with Gasteiger partial charge in [-0.3, -0.25) is 0 Å². The molecule has 0 aliphatic heterocycles. The molecule has 0 spiro atoms. The monoisotopic (exact) mass is 231 g/mol. The van der Waals surface area contributed by atoms with Crippen molar-refractivity contribution in [1.29, 1.82) is 0 Å². The summed E-state index contributed by atoms with van der Waals surface area (Å²) in [5.41, 5.74) is 1.18. The van der Waals surface area contributed by atoms with Gasteiger partial charge in [0.2, 0.25) is 0 Å². The molecule has 1 rings (SSSR count). The van der Waals surface area contributed by atoms with Gasteiger partial charge in [0.05, 0.1) is 10.7 Å². The van der Waals surface area contributed by atoms with E-state index in [1.165, 1.54) is 0 Å². The second-order valence-electron chi connectivity index (χ2n) is 4.54. The number of halogens is 2. The van der Waals surface area contributed by atoms with Crippen molar-refractivity contribution in [3.8, 4) is 0 Å². The van der Waals surface area contributed by atoms with Crippen molar-refractivity contribution in [1.82, 2.24) is 0 Å². The largest absolute Gasteiger partial charge is 0.383 e. The third-order valence-corrected chi connectivity index (χ3v) is 2.29. The molecular weight excluding hydrogens is 217 g/mol. The van der Waals surface area contributed by atoms with E-state index < -0.39 is 0 Å². The van der Waals surface area contributed by atoms with Crippen LogP contribution in [0.1, 0.15) is 20.8 Å². The van der Waals surface area contributed by atoms with Crippen LogP contribution in [0.4, 0.5) is 5.69 Å². The van der Waals surface area contributed by atoms with Crippen molar-refractivity contribution >= 4 is 28.9 Å². The first kappa shape index (κ1) is 11.7. The van der Waals surface area contributed by atoms with Crippen LogP contribution in [0.2, 0.25) is 10.0 Å². The van der Waals surface area contributed by atoms with Crippen LogP contribution < -0.4 is 5.32 Å². The minimum atomic E-state index is 0.239. The smallest absolute Gasteiger partial charge is 0.0652 e. The van der Waals surface area contributed by atoms with Gasteiger partial charge in [0.25, 0.3) is 0 Å². The number of nitrogens with one attached hydrogen (secondary N) is 1. The van der Waals surface area contributed by atoms with Crippen LogP contribution in [0, 0.1) is 5.41 Å². The predicted octanol–water partition coefficient (Wildman–Crippen LogP) is 4.45. The molecule has 1 nitrogen and oxygen atoms in total. The highest BCUT2D eigenvalue weighted by atomic mass is 35.5. The molecule has 1 N–H and O–H groups in total. The molecule has 0 aliphatic carbocycles. The molecule has 0 radical (unpaired) electrons. The summed E-state index contributed by atoms with van der Waals surface area (Å²) in [4.78, 5) is 0. The SMILES string of the molecule is CC(C)(C)CNc1ccc(Cl)cc1Cl. The molecule has 0 unspecified atom stereocenters. The fourth-order valence-electron chi connectivity index (χ4n) is 0.993. The molecule has 0 aliphatic rings. The van der Waals surface area contributed by atoms with Crippen molar-refractivity contribution in [2.75, 3.05) is 11.9 Å². The van der Waals surface area contributed by atoms with Gasteiger partial charge in [-0.15, -0.1) is 0 Å². The standard InChI is InChI=1S/C11H15Cl2N/c1-11(2,3)7-14-10-5-4-8(12)6-9(10)13/h4-6,14H,7H2,1-3H3. The predicted molar refractivity (Wildman–Crippen MR) is 64.4 cm³/mol. The maximum atomic E-state index is 6.01. The number of rotatable bonds is 2. The average Bonchev–Trinajstić information content (AvgIpc) is 2.00. The Bertz CT molecular complexity index is 316. The fraction of sp³-hybridized carbons (Fsp3) is 0.455. The highest BCUT2D eigenvalue weighted by Gasteiger charge is 2.10. The van der Waals surface area contributed by atoms with E-state index in [4.69, 9.17) is 23.2 Å². The molecule has 0 saturated carbocycles. The number of hydrogen-bond acceptors (Lipinski definition) is 1. The van der Waals surface area contributed by atoms with Crippen molar-refractivity contribution < 1.29 is 0 Å². The lowest BCUT2D eigenvalue weighted by atomic mass is 9.97. The molecule has 1 aromatic carbocycles. The topological polar surface area (TPSA) is 12.0 Å². The minimum Gasteiger partial charge on any atom is -0.383 e. The van der Waals surface area contributed by atoms with Gasteiger partial charge in [-0.1, -0.05) is 44.0 Å². The summed E-state index contributed by atoms with van der Waals surface area (Å²) in [5, 5.41) is 4.62. The molecule has 1 aromatic rings. The van der Waals surface area contributed by atoms with Crippen molar-refractivity contribution in [2.45, 2.75) is 20.8 Å². The first-order chi connectivity index (χ1) is 6.38. The average molecular weight is 232 g/mol. The van der Waals surface area contributed by atoms with Crippen LogP contribution in [0.3, 0.4) is 0 Å². The van der Waals surface area contributed by atoms with Crippen LogP contribution in [0.15, 0.2) is 18.2 Å². The summed E-state index contributed by atoms with van der Waals surface area (Å²) in [6, 6.07) is 5.48. The van der Waals surface area contributed by atoms with Crippen molar-refractivity contribution in [2.24, 2.45) is 5.41 Å². The molecule has 14 heavy (non-hydrogen) atoms. The molecule has 0 fully saturated rings. The van der Waals surface area contributed by atoms with Gasteiger partial charge in [0, 0.05) is 11.6 Å². The molecule has 0 amide bonds. The third kappa shape index (κ3) is 3.77. The van der Waals surface area contributed by atoms with E-state index in [0.717, 1.165) is 12.2 Å². The highest BCUT2D eigenvalue weighted by molar-refractivity contribution is 6.36. The highest BCUT2D eigenvalue weighted by Crippen LogP contribution is 2.26. The minimum absolute atomic E-state index is 0.239. The molecular formula is C11H15Cl2N. The summed E-state index contributed by atoms with van der Waals surface area (Å²) in [7, 11) is 0. The summed E-state index contributed by atoms with van der Waals surface area (Å²) >= 11 is 11.8. The Labute approximate surface area is 95.4 Å². The Hall–Kier alpha value is -0.400. The maximum Gasteiger partial charge on any atom is 0.0652 e. The molecule has 0 atom stereocenters. The summed E-state index contributed by atoms with van der Waals surface area (Å²) in [6.45, 7) is 7.39. The second-order valence-corrected chi connectivity index (χ2v) is 5.38. The van der Waals surface area contributed by atoms with Gasteiger partial charge in [-0.05, 0) is 23.6 Å². The normalized spacial score (nSPS) is 11.5. The summed E-state index contributed by atoms with van der Waals surface area (Å²) < 4.78 is 0. The summed E-state index contributed by atoms with van der Waals surface area (Å²) in [5.74, 6) is 0. The van der Waals surface area contributed by atoms with E-state index in [9.17, 15) is 0 Å². The van der Waals surface area contributed by atoms with E-state index in [1.807, 2.05) is 12.1 Å². The Morgan fingerprint density at radius 1 is 1.21 bits per heavy atom. The Balaban J connectivity index is 2.68. The Morgan fingerprint density at radius 2 is 1.86 bits per heavy atom. The quantitative estimate of drug-likeness (QED) is 0.794. The lowest BCUT2D eigenvalue weighted by Crippen LogP contribution is -2.19. The van der Waals surface area contributed by atoms with Gasteiger partial charge in [-0.2, -0.15) is 0 Å². The summed E-state index contributed by atoms with van der Waals surface area (Å²) in [6.07, 6.45) is 0. The molecule has 0 aromatic heterocycles. The first-order valence-electron chi connectivity index (χ1n) is 4.57. The van der Waals surface area contributed by atoms with Crippen LogP contribution in [0.25, 0.3) is 0 Å². The van der Waals surface area contributed by atoms with E-state index in [1.54, 1.807) is 6.07 Å². The maximum absolute atomic E-state index is 6.01. The van der Waals surface area contributed by atoms with Gasteiger partial charge in [-0.25, -0.2) is 0 Å². The van der Waals surface area contributed by atoms with Crippen LogP contribution >= 0.6 is 23.2 Å². The first-order valence-corrected chi connectivity index (χ1v) is 5.33. The second kappa shape index (κ2) is 4.41. The number of anilines is 1. The van der Waals surface area contributed by atoms with E-state index in [2.05, 4.69) is 26.1 Å². The van der Waals surface area contributed by atoms with Crippen LogP contribution in [0.5, 0.6) is 0 Å². The molecule has 0 saturated heterocycles. The van der Waals surface area contributed by atoms with Crippen LogP contribution in [-0.2, 0) is 0 Å². The van der Waals surface area contributed by atoms with Crippen molar-refractivity contribution in [3.05, 3.63) is 28.2 Å². The zero-order valence-electron chi connectivity index (χ0n) is 8.70. The third-order valence-electron chi connectivity index (χ3n) is 1.74. The zero-order chi connectivity index (χ0) is 10.8. The van der Waals surface area contributed by atoms with Crippen LogP contribution in [-0.4, -0.2) is 6.54 Å². The molecule has 0 bridgehead atoms. The number of hydrogen-bond donors (Lipinski definition) is 1. The molecule has 0 heterocycles. The van der Waals surface area contributed by atoms with E-state index in [-0.39, 0.29) is 5.41 Å². The molecule has 3 heteroatoms. The van der Waals surface area contributed by atoms with Gasteiger partial charge >= 0.3 is 0 Å². The zero-order valence-corrected chi connectivity index (χ0v) is 10.2. The van der Waals surface area contributed by atoms with Gasteiger partial charge in [0.15, 0.2) is 0 Å². The fourth-order valence-corrected chi connectivity index (χ4v) is 1.47. The number of benzene rings is 1.